The quantitative estimate of drug-likeness (QED) is 0.631. The van der Waals surface area contributed by atoms with Crippen LogP contribution in [0.3, 0.4) is 0 Å². The zero-order valence-electron chi connectivity index (χ0n) is 14.4. The lowest BCUT2D eigenvalue weighted by molar-refractivity contribution is 0.0935. The molecule has 3 rings (SSSR count). The Bertz CT molecular complexity index is 999. The summed E-state index contributed by atoms with van der Waals surface area (Å²) in [5.74, 6) is -0.0307. The lowest BCUT2D eigenvalue weighted by Gasteiger charge is -2.14. The first-order chi connectivity index (χ1) is 12.3. The third-order valence-corrected chi connectivity index (χ3v) is 4.79. The van der Waals surface area contributed by atoms with Crippen LogP contribution in [0.15, 0.2) is 39.2 Å². The smallest absolute Gasteiger partial charge is 0.252 e. The summed E-state index contributed by atoms with van der Waals surface area (Å²) < 4.78 is 24.7. The fourth-order valence-electron chi connectivity index (χ4n) is 2.83. The zero-order chi connectivity index (χ0) is 19.0. The van der Waals surface area contributed by atoms with Gasteiger partial charge in [-0.3, -0.25) is 4.79 Å². The van der Waals surface area contributed by atoms with Gasteiger partial charge < -0.3 is 19.6 Å². The Morgan fingerprint density at radius 2 is 2.08 bits per heavy atom. The van der Waals surface area contributed by atoms with E-state index >= 15 is 0 Å². The number of benzene rings is 2. The van der Waals surface area contributed by atoms with Gasteiger partial charge in [0.05, 0.1) is 17.6 Å². The van der Waals surface area contributed by atoms with Gasteiger partial charge in [-0.2, -0.15) is 0 Å². The molecule has 0 aliphatic heterocycles. The minimum Gasteiger partial charge on any atom is -0.503 e. The molecule has 2 N–H and O–H groups in total. The Kier molecular flexibility index (Phi) is 4.91. The average Bonchev–Trinajstić information content (AvgIpc) is 2.93. The number of aromatic hydroxyl groups is 1. The first kappa shape index (κ1) is 18.3. The van der Waals surface area contributed by atoms with Crippen LogP contribution in [0.2, 0.25) is 0 Å². The molecule has 1 heterocycles. The number of amides is 1. The van der Waals surface area contributed by atoms with E-state index in [-0.39, 0.29) is 23.2 Å². The summed E-state index contributed by atoms with van der Waals surface area (Å²) in [5, 5.41) is 13.4. The third-order valence-electron chi connectivity index (χ3n) is 4.19. The number of phenolic OH excluding ortho intramolecular Hbond substituents is 1. The minimum atomic E-state index is -0.434. The van der Waals surface area contributed by atoms with Crippen LogP contribution >= 0.6 is 15.9 Å². The molecule has 5 nitrogen and oxygen atoms in total. The van der Waals surface area contributed by atoms with Crippen LogP contribution in [-0.2, 0) is 0 Å². The van der Waals surface area contributed by atoms with Gasteiger partial charge in [0.1, 0.15) is 17.2 Å². The molecular formula is C19H17BrFNO4. The molecule has 1 atom stereocenters. The van der Waals surface area contributed by atoms with Gasteiger partial charge in [0.25, 0.3) is 5.91 Å². The largest absolute Gasteiger partial charge is 0.503 e. The maximum atomic E-state index is 13.5. The molecule has 0 saturated heterocycles. The second-order valence-corrected chi connectivity index (χ2v) is 6.79. The monoisotopic (exact) mass is 421 g/mol. The van der Waals surface area contributed by atoms with Crippen molar-refractivity contribution in [3.63, 3.8) is 0 Å². The molecule has 0 spiro atoms. The lowest BCUT2D eigenvalue weighted by atomic mass is 10.1. The molecular weight excluding hydrogens is 405 g/mol. The Hall–Kier alpha value is -2.54. The van der Waals surface area contributed by atoms with Crippen molar-refractivity contribution in [3.8, 4) is 11.5 Å². The summed E-state index contributed by atoms with van der Waals surface area (Å²) in [7, 11) is 1.41. The maximum Gasteiger partial charge on any atom is 0.252 e. The van der Waals surface area contributed by atoms with Crippen molar-refractivity contribution in [3.05, 3.63) is 57.5 Å². The van der Waals surface area contributed by atoms with Crippen LogP contribution < -0.4 is 10.1 Å². The van der Waals surface area contributed by atoms with Gasteiger partial charge in [0, 0.05) is 16.5 Å². The van der Waals surface area contributed by atoms with Crippen molar-refractivity contribution in [1.82, 2.24) is 5.32 Å². The van der Waals surface area contributed by atoms with Crippen molar-refractivity contribution < 1.29 is 23.4 Å². The molecule has 0 bridgehead atoms. The van der Waals surface area contributed by atoms with Gasteiger partial charge in [-0.1, -0.05) is 0 Å². The molecule has 1 aromatic heterocycles. The van der Waals surface area contributed by atoms with Crippen LogP contribution in [-0.4, -0.2) is 18.1 Å². The van der Waals surface area contributed by atoms with Gasteiger partial charge in [-0.05, 0) is 60.1 Å². The average molecular weight is 422 g/mol. The molecule has 26 heavy (non-hydrogen) atoms. The van der Waals surface area contributed by atoms with E-state index < -0.39 is 6.04 Å². The first-order valence-electron chi connectivity index (χ1n) is 7.87. The fourth-order valence-corrected chi connectivity index (χ4v) is 3.27. The molecule has 0 aliphatic rings. The molecule has 0 fully saturated rings. The number of carbonyl (C=O) groups excluding carboxylic acids is 1. The van der Waals surface area contributed by atoms with Crippen molar-refractivity contribution in [2.24, 2.45) is 0 Å². The third kappa shape index (κ3) is 3.26. The number of methoxy groups -OCH3 is 1. The number of carbonyl (C=O) groups is 1. The maximum absolute atomic E-state index is 13.5. The number of rotatable bonds is 4. The Labute approximate surface area is 157 Å². The number of phenols is 1. The number of hydrogen-bond donors (Lipinski definition) is 2. The van der Waals surface area contributed by atoms with Gasteiger partial charge >= 0.3 is 0 Å². The number of nitrogens with one attached hydrogen (secondary N) is 1. The van der Waals surface area contributed by atoms with E-state index in [0.29, 0.717) is 26.8 Å². The van der Waals surface area contributed by atoms with Crippen molar-refractivity contribution in [1.29, 1.82) is 0 Å². The highest BCUT2D eigenvalue weighted by molar-refractivity contribution is 9.10. The standard InChI is InChI=1S/C19H17BrFNO4/c1-9-13-8-12(21)4-5-15(13)26-18(9)10(2)22-19(24)11-6-14(20)17(23)16(7-11)25-3/h4-8,10,23H,1-3H3,(H,22,24). The summed E-state index contributed by atoms with van der Waals surface area (Å²) in [4.78, 5) is 12.6. The van der Waals surface area contributed by atoms with E-state index in [1.165, 1.54) is 31.4 Å². The summed E-state index contributed by atoms with van der Waals surface area (Å²) in [6.45, 7) is 3.61. The second kappa shape index (κ2) is 6.99. The van der Waals surface area contributed by atoms with Crippen LogP contribution in [0.5, 0.6) is 11.5 Å². The minimum absolute atomic E-state index is 0.0766. The summed E-state index contributed by atoms with van der Waals surface area (Å²) in [6, 6.07) is 6.82. The Morgan fingerprint density at radius 3 is 2.77 bits per heavy atom. The van der Waals surface area contributed by atoms with E-state index in [2.05, 4.69) is 21.2 Å². The van der Waals surface area contributed by atoms with Crippen LogP contribution in [0.4, 0.5) is 4.39 Å². The van der Waals surface area contributed by atoms with E-state index in [4.69, 9.17) is 9.15 Å². The van der Waals surface area contributed by atoms with Gasteiger partial charge in [-0.25, -0.2) is 4.39 Å². The number of ether oxygens (including phenoxy) is 1. The summed E-state index contributed by atoms with van der Waals surface area (Å²) in [5.41, 5.74) is 1.66. The normalized spacial score (nSPS) is 12.2. The molecule has 1 amide bonds. The van der Waals surface area contributed by atoms with Gasteiger partial charge in [0.15, 0.2) is 11.5 Å². The number of hydrogen-bond acceptors (Lipinski definition) is 4. The van der Waals surface area contributed by atoms with E-state index in [1.54, 1.807) is 13.0 Å². The van der Waals surface area contributed by atoms with E-state index in [1.807, 2.05) is 6.92 Å². The highest BCUT2D eigenvalue weighted by Gasteiger charge is 2.21. The Morgan fingerprint density at radius 1 is 1.35 bits per heavy atom. The van der Waals surface area contributed by atoms with Gasteiger partial charge in [-0.15, -0.1) is 0 Å². The highest BCUT2D eigenvalue weighted by atomic mass is 79.9. The lowest BCUT2D eigenvalue weighted by Crippen LogP contribution is -2.26. The number of furan rings is 1. The van der Waals surface area contributed by atoms with Crippen LogP contribution in [0, 0.1) is 12.7 Å². The van der Waals surface area contributed by atoms with Crippen LogP contribution in [0.25, 0.3) is 11.0 Å². The van der Waals surface area contributed by atoms with Crippen molar-refractivity contribution in [2.45, 2.75) is 19.9 Å². The number of halogens is 2. The SMILES string of the molecule is COc1cc(C(=O)NC(C)c2oc3ccc(F)cc3c2C)cc(Br)c1O. The number of aryl methyl sites for hydroxylation is 1. The van der Waals surface area contributed by atoms with Crippen LogP contribution in [0.1, 0.15) is 34.6 Å². The van der Waals surface area contributed by atoms with Gasteiger partial charge in [0.2, 0.25) is 0 Å². The zero-order valence-corrected chi connectivity index (χ0v) is 16.0. The highest BCUT2D eigenvalue weighted by Crippen LogP contribution is 2.35. The molecule has 2 aromatic carbocycles. The molecule has 0 radical (unpaired) electrons. The predicted molar refractivity (Wildman–Crippen MR) is 99.1 cm³/mol. The summed E-state index contributed by atoms with van der Waals surface area (Å²) >= 11 is 3.19. The van der Waals surface area contributed by atoms with E-state index in [9.17, 15) is 14.3 Å². The number of fused-ring (bicyclic) bond motifs is 1. The van der Waals surface area contributed by atoms with Crippen molar-refractivity contribution in [2.75, 3.05) is 7.11 Å². The molecule has 3 aromatic rings. The topological polar surface area (TPSA) is 71.7 Å². The predicted octanol–water partition coefficient (Wildman–Crippen LogP) is 4.85. The van der Waals surface area contributed by atoms with Crippen molar-refractivity contribution >= 4 is 32.8 Å². The molecule has 7 heteroatoms. The summed E-state index contributed by atoms with van der Waals surface area (Å²) in [6.07, 6.45) is 0. The molecule has 0 aliphatic carbocycles. The van der Waals surface area contributed by atoms with E-state index in [0.717, 1.165) is 5.56 Å². The Balaban J connectivity index is 1.88. The fraction of sp³-hybridized carbons (Fsp3) is 0.211. The second-order valence-electron chi connectivity index (χ2n) is 5.94. The molecule has 0 saturated carbocycles. The first-order valence-corrected chi connectivity index (χ1v) is 8.67. The molecule has 1 unspecified atom stereocenters. The molecule has 136 valence electrons.